The van der Waals surface area contributed by atoms with Gasteiger partial charge >= 0.3 is 0 Å². The van der Waals surface area contributed by atoms with Gasteiger partial charge in [-0.05, 0) is 44.0 Å². The van der Waals surface area contributed by atoms with Crippen LogP contribution in [0.15, 0.2) is 29.4 Å². The first kappa shape index (κ1) is 21.8. The fraction of sp³-hybridized carbons (Fsp3) is 0.611. The van der Waals surface area contributed by atoms with Crippen molar-refractivity contribution in [2.24, 2.45) is 10.9 Å². The Morgan fingerprint density at radius 1 is 1.26 bits per heavy atom. The summed E-state index contributed by atoms with van der Waals surface area (Å²) in [6, 6.07) is 5.89. The molecule has 2 aromatic rings. The van der Waals surface area contributed by atoms with Crippen LogP contribution in [0, 0.1) is 5.92 Å². The molecule has 3 rings (SSSR count). The Bertz CT molecular complexity index is 713. The number of likely N-dealkylation sites (tertiary alicyclic amines) is 1. The Kier molecular flexibility index (Phi) is 9.22. The van der Waals surface area contributed by atoms with Gasteiger partial charge in [0, 0.05) is 33.4 Å². The number of hydrogen-bond donors (Lipinski definition) is 2. The molecule has 0 aromatic carbocycles. The van der Waals surface area contributed by atoms with Crippen molar-refractivity contribution in [3.05, 3.63) is 30.2 Å². The molecule has 1 fully saturated rings. The van der Waals surface area contributed by atoms with E-state index in [2.05, 4.69) is 30.7 Å². The van der Waals surface area contributed by atoms with Crippen LogP contribution in [0.4, 0.5) is 0 Å². The molecule has 0 bridgehead atoms. The van der Waals surface area contributed by atoms with Crippen molar-refractivity contribution in [1.29, 1.82) is 0 Å². The standard InChI is InChI=1S/C18H29N7O.HI/c1-19-18(20-13-15-6-9-24(10-7-15)11-12-26-2)21-14-17-23-22-16-5-3-4-8-25(16)17;/h3-5,8,15H,6-7,9-14H2,1-2H3,(H2,19,20,21);1H. The van der Waals surface area contributed by atoms with E-state index in [1.807, 2.05) is 28.8 Å². The first-order chi connectivity index (χ1) is 12.8. The van der Waals surface area contributed by atoms with Crippen molar-refractivity contribution >= 4 is 35.6 Å². The molecular weight excluding hydrogens is 457 g/mol. The molecule has 1 aliphatic heterocycles. The summed E-state index contributed by atoms with van der Waals surface area (Å²) in [6.07, 6.45) is 4.39. The first-order valence-corrected chi connectivity index (χ1v) is 9.24. The second kappa shape index (κ2) is 11.4. The average Bonchev–Trinajstić information content (AvgIpc) is 3.10. The maximum absolute atomic E-state index is 5.16. The van der Waals surface area contributed by atoms with Gasteiger partial charge in [-0.2, -0.15) is 0 Å². The van der Waals surface area contributed by atoms with Crippen LogP contribution in [0.2, 0.25) is 0 Å². The Hall–Kier alpha value is -1.46. The number of methoxy groups -OCH3 is 1. The summed E-state index contributed by atoms with van der Waals surface area (Å²) in [5.41, 5.74) is 0.854. The largest absolute Gasteiger partial charge is 0.383 e. The van der Waals surface area contributed by atoms with E-state index in [4.69, 9.17) is 4.74 Å². The molecular formula is C18H30IN7O. The SMILES string of the molecule is CN=C(NCc1nnc2ccccn12)NCC1CCN(CCOC)CC1.I. The van der Waals surface area contributed by atoms with Gasteiger partial charge in [0.1, 0.15) is 0 Å². The van der Waals surface area contributed by atoms with E-state index in [9.17, 15) is 0 Å². The van der Waals surface area contributed by atoms with Crippen molar-refractivity contribution in [2.45, 2.75) is 19.4 Å². The summed E-state index contributed by atoms with van der Waals surface area (Å²) in [7, 11) is 3.56. The molecule has 150 valence electrons. The smallest absolute Gasteiger partial charge is 0.191 e. The number of fused-ring (bicyclic) bond motifs is 1. The van der Waals surface area contributed by atoms with Gasteiger partial charge in [0.2, 0.25) is 0 Å². The van der Waals surface area contributed by atoms with Crippen molar-refractivity contribution < 1.29 is 4.74 Å². The van der Waals surface area contributed by atoms with Crippen LogP contribution in [0.5, 0.6) is 0 Å². The molecule has 0 spiro atoms. The van der Waals surface area contributed by atoms with Crippen LogP contribution in [0.25, 0.3) is 5.65 Å². The van der Waals surface area contributed by atoms with Gasteiger partial charge in [0.15, 0.2) is 17.4 Å². The van der Waals surface area contributed by atoms with Gasteiger partial charge in [-0.15, -0.1) is 34.2 Å². The molecule has 2 aromatic heterocycles. The number of halogens is 1. The molecule has 0 atom stereocenters. The lowest BCUT2D eigenvalue weighted by atomic mass is 9.97. The Labute approximate surface area is 177 Å². The number of ether oxygens (including phenoxy) is 1. The maximum atomic E-state index is 5.16. The van der Waals surface area contributed by atoms with E-state index >= 15 is 0 Å². The summed E-state index contributed by atoms with van der Waals surface area (Å²) in [6.45, 7) is 5.67. The number of piperidine rings is 1. The Morgan fingerprint density at radius 3 is 2.81 bits per heavy atom. The third-order valence-corrected chi connectivity index (χ3v) is 4.90. The van der Waals surface area contributed by atoms with Crippen LogP contribution < -0.4 is 10.6 Å². The molecule has 0 amide bonds. The fourth-order valence-corrected chi connectivity index (χ4v) is 3.27. The molecule has 9 heteroatoms. The monoisotopic (exact) mass is 487 g/mol. The third kappa shape index (κ3) is 6.28. The number of nitrogens with one attached hydrogen (secondary N) is 2. The number of aromatic nitrogens is 3. The number of pyridine rings is 1. The Balaban J connectivity index is 0.00000261. The van der Waals surface area contributed by atoms with Crippen molar-refractivity contribution in [3.63, 3.8) is 0 Å². The maximum Gasteiger partial charge on any atom is 0.191 e. The van der Waals surface area contributed by atoms with E-state index in [0.29, 0.717) is 12.5 Å². The molecule has 0 radical (unpaired) electrons. The first-order valence-electron chi connectivity index (χ1n) is 9.24. The summed E-state index contributed by atoms with van der Waals surface area (Å²) < 4.78 is 7.14. The lowest BCUT2D eigenvalue weighted by Gasteiger charge is -2.32. The zero-order valence-electron chi connectivity index (χ0n) is 16.1. The highest BCUT2D eigenvalue weighted by Crippen LogP contribution is 2.15. The van der Waals surface area contributed by atoms with Crippen LogP contribution in [0.3, 0.4) is 0 Å². The molecule has 2 N–H and O–H groups in total. The lowest BCUT2D eigenvalue weighted by Crippen LogP contribution is -2.43. The summed E-state index contributed by atoms with van der Waals surface area (Å²) in [5.74, 6) is 2.36. The number of nitrogens with zero attached hydrogens (tertiary/aromatic N) is 5. The molecule has 0 unspecified atom stereocenters. The second-order valence-corrected chi connectivity index (χ2v) is 6.63. The molecule has 1 aliphatic rings. The van der Waals surface area contributed by atoms with Gasteiger partial charge in [0.25, 0.3) is 0 Å². The number of guanidine groups is 1. The quantitative estimate of drug-likeness (QED) is 0.349. The second-order valence-electron chi connectivity index (χ2n) is 6.63. The predicted octanol–water partition coefficient (Wildman–Crippen LogP) is 1.37. The number of rotatable bonds is 7. The minimum Gasteiger partial charge on any atom is -0.383 e. The van der Waals surface area contributed by atoms with Crippen LogP contribution in [-0.2, 0) is 11.3 Å². The van der Waals surface area contributed by atoms with Crippen LogP contribution in [-0.4, -0.2) is 72.4 Å². The lowest BCUT2D eigenvalue weighted by molar-refractivity contribution is 0.121. The molecule has 1 saturated heterocycles. The van der Waals surface area contributed by atoms with Gasteiger partial charge < -0.3 is 20.3 Å². The predicted molar refractivity (Wildman–Crippen MR) is 118 cm³/mol. The minimum absolute atomic E-state index is 0. The molecule has 3 heterocycles. The van der Waals surface area contributed by atoms with E-state index in [0.717, 1.165) is 50.2 Å². The van der Waals surface area contributed by atoms with Gasteiger partial charge in [-0.25, -0.2) is 0 Å². The van der Waals surface area contributed by atoms with E-state index in [-0.39, 0.29) is 24.0 Å². The minimum atomic E-state index is 0. The number of hydrogen-bond acceptors (Lipinski definition) is 5. The highest BCUT2D eigenvalue weighted by atomic mass is 127. The highest BCUT2D eigenvalue weighted by molar-refractivity contribution is 14.0. The summed E-state index contributed by atoms with van der Waals surface area (Å²) >= 11 is 0. The molecule has 0 aliphatic carbocycles. The number of aliphatic imine (C=N–C) groups is 1. The normalized spacial score (nSPS) is 16.3. The third-order valence-electron chi connectivity index (χ3n) is 4.90. The van der Waals surface area contributed by atoms with E-state index in [1.165, 1.54) is 12.8 Å². The summed E-state index contributed by atoms with van der Waals surface area (Å²) in [5, 5.41) is 15.2. The Morgan fingerprint density at radius 2 is 2.07 bits per heavy atom. The highest BCUT2D eigenvalue weighted by Gasteiger charge is 2.19. The van der Waals surface area contributed by atoms with E-state index < -0.39 is 0 Å². The molecule has 27 heavy (non-hydrogen) atoms. The van der Waals surface area contributed by atoms with Crippen molar-refractivity contribution in [1.82, 2.24) is 30.1 Å². The molecule has 8 nitrogen and oxygen atoms in total. The zero-order chi connectivity index (χ0) is 18.2. The fourth-order valence-electron chi connectivity index (χ4n) is 3.27. The molecule has 0 saturated carbocycles. The summed E-state index contributed by atoms with van der Waals surface area (Å²) in [4.78, 5) is 6.79. The van der Waals surface area contributed by atoms with Crippen LogP contribution in [0.1, 0.15) is 18.7 Å². The van der Waals surface area contributed by atoms with Crippen LogP contribution >= 0.6 is 24.0 Å². The average molecular weight is 487 g/mol. The van der Waals surface area contributed by atoms with Gasteiger partial charge in [0.05, 0.1) is 13.2 Å². The van der Waals surface area contributed by atoms with Gasteiger partial charge in [-0.3, -0.25) is 9.39 Å². The van der Waals surface area contributed by atoms with Crippen molar-refractivity contribution in [2.75, 3.05) is 46.9 Å². The van der Waals surface area contributed by atoms with E-state index in [1.54, 1.807) is 14.2 Å². The van der Waals surface area contributed by atoms with Crippen molar-refractivity contribution in [3.8, 4) is 0 Å². The van der Waals surface area contributed by atoms with Gasteiger partial charge in [-0.1, -0.05) is 6.07 Å². The zero-order valence-corrected chi connectivity index (χ0v) is 18.4. The topological polar surface area (TPSA) is 79.1 Å².